The fourth-order valence-corrected chi connectivity index (χ4v) is 6.32. The molecule has 3 N–H and O–H groups in total. The van der Waals surface area contributed by atoms with Crippen molar-refractivity contribution in [2.75, 3.05) is 56.6 Å². The van der Waals surface area contributed by atoms with Crippen LogP contribution in [0.1, 0.15) is 48.0 Å². The molecule has 206 valence electrons. The normalized spacial score (nSPS) is 18.0. The molecule has 1 aliphatic heterocycles. The summed E-state index contributed by atoms with van der Waals surface area (Å²) >= 11 is 1.47. The summed E-state index contributed by atoms with van der Waals surface area (Å²) in [6.45, 7) is 11.6. The Kier molecular flexibility index (Phi) is 9.14. The van der Waals surface area contributed by atoms with Gasteiger partial charge in [0.2, 0.25) is 5.91 Å². The Morgan fingerprint density at radius 1 is 1.21 bits per heavy atom. The number of nitrogens with one attached hydrogen (secondary N) is 3. The number of nitrogens with zero attached hydrogens (tertiary/aromatic N) is 2. The van der Waals surface area contributed by atoms with Crippen molar-refractivity contribution in [3.05, 3.63) is 50.4 Å². The SMILES string of the molecule is CC(C)(C)[C@H]1CCc2c(sc(NC(=O)CNCCN3CCOCC3)c2C(=O)Nc2cccc([N+](=O)[O-])c2)C1. The maximum atomic E-state index is 13.5. The zero-order chi connectivity index (χ0) is 27.3. The number of amides is 2. The van der Waals surface area contributed by atoms with Crippen molar-refractivity contribution < 1.29 is 19.2 Å². The number of ether oxygens (including phenoxy) is 1. The quantitative estimate of drug-likeness (QED) is 0.249. The van der Waals surface area contributed by atoms with Gasteiger partial charge in [0.05, 0.1) is 30.2 Å². The Hall–Kier alpha value is -2.86. The van der Waals surface area contributed by atoms with Gasteiger partial charge >= 0.3 is 0 Å². The van der Waals surface area contributed by atoms with Crippen LogP contribution in [0.4, 0.5) is 16.4 Å². The highest BCUT2D eigenvalue weighted by atomic mass is 32.1. The molecule has 1 fully saturated rings. The first-order chi connectivity index (χ1) is 18.1. The zero-order valence-corrected chi connectivity index (χ0v) is 23.1. The van der Waals surface area contributed by atoms with Gasteiger partial charge < -0.3 is 20.7 Å². The molecule has 2 heterocycles. The number of non-ortho nitro benzene ring substituents is 1. The fraction of sp³-hybridized carbons (Fsp3) is 0.556. The number of benzene rings is 1. The van der Waals surface area contributed by atoms with Gasteiger partial charge in [-0.1, -0.05) is 26.8 Å². The molecule has 38 heavy (non-hydrogen) atoms. The van der Waals surface area contributed by atoms with Crippen LogP contribution in [0.5, 0.6) is 0 Å². The van der Waals surface area contributed by atoms with Gasteiger partial charge in [0.25, 0.3) is 11.6 Å². The monoisotopic (exact) mass is 543 g/mol. The molecule has 4 rings (SSSR count). The number of hydrogen-bond acceptors (Lipinski definition) is 8. The van der Waals surface area contributed by atoms with E-state index in [0.717, 1.165) is 62.6 Å². The second-order valence-electron chi connectivity index (χ2n) is 11.0. The first-order valence-corrected chi connectivity index (χ1v) is 13.9. The number of carbonyl (C=O) groups excluding carboxylic acids is 2. The van der Waals surface area contributed by atoms with Crippen LogP contribution in [0.2, 0.25) is 0 Å². The molecule has 2 aliphatic rings. The van der Waals surface area contributed by atoms with Crippen molar-refractivity contribution >= 4 is 39.5 Å². The molecule has 10 nitrogen and oxygen atoms in total. The molecule has 0 bridgehead atoms. The number of hydrogen-bond donors (Lipinski definition) is 3. The summed E-state index contributed by atoms with van der Waals surface area (Å²) < 4.78 is 5.37. The molecule has 0 spiro atoms. The summed E-state index contributed by atoms with van der Waals surface area (Å²) in [7, 11) is 0. The van der Waals surface area contributed by atoms with E-state index in [4.69, 9.17) is 4.74 Å². The van der Waals surface area contributed by atoms with E-state index in [1.54, 1.807) is 6.07 Å². The highest BCUT2D eigenvalue weighted by Crippen LogP contribution is 2.44. The number of morpholine rings is 1. The van der Waals surface area contributed by atoms with Crippen LogP contribution in [0.25, 0.3) is 0 Å². The van der Waals surface area contributed by atoms with Crippen LogP contribution in [0.3, 0.4) is 0 Å². The third-order valence-electron chi connectivity index (χ3n) is 7.28. The molecule has 1 aromatic carbocycles. The van der Waals surface area contributed by atoms with Gasteiger partial charge in [-0.05, 0) is 42.2 Å². The van der Waals surface area contributed by atoms with E-state index in [0.29, 0.717) is 28.7 Å². The average Bonchev–Trinajstić information content (AvgIpc) is 3.24. The van der Waals surface area contributed by atoms with Gasteiger partial charge in [-0.3, -0.25) is 24.6 Å². The molecule has 0 saturated carbocycles. The predicted molar refractivity (Wildman–Crippen MR) is 149 cm³/mol. The summed E-state index contributed by atoms with van der Waals surface area (Å²) in [5.74, 6) is -0.0955. The molecule has 1 aliphatic carbocycles. The van der Waals surface area contributed by atoms with Gasteiger partial charge in [0.1, 0.15) is 5.00 Å². The van der Waals surface area contributed by atoms with Gasteiger partial charge in [-0.15, -0.1) is 11.3 Å². The van der Waals surface area contributed by atoms with Gasteiger partial charge in [-0.2, -0.15) is 0 Å². The Morgan fingerprint density at radius 2 is 1.97 bits per heavy atom. The number of thiophene rings is 1. The summed E-state index contributed by atoms with van der Waals surface area (Å²) in [4.78, 5) is 40.4. The smallest absolute Gasteiger partial charge is 0.271 e. The van der Waals surface area contributed by atoms with Crippen molar-refractivity contribution in [2.45, 2.75) is 40.0 Å². The van der Waals surface area contributed by atoms with Crippen molar-refractivity contribution in [2.24, 2.45) is 11.3 Å². The molecular formula is C27H37N5O5S. The average molecular weight is 544 g/mol. The number of fused-ring (bicyclic) bond motifs is 1. The Balaban J connectivity index is 1.48. The Labute approximate surface area is 227 Å². The molecule has 0 unspecified atom stereocenters. The second kappa shape index (κ2) is 12.3. The van der Waals surface area contributed by atoms with Crippen molar-refractivity contribution in [3.8, 4) is 0 Å². The maximum absolute atomic E-state index is 13.5. The van der Waals surface area contributed by atoms with Gasteiger partial charge in [-0.25, -0.2) is 0 Å². The summed E-state index contributed by atoms with van der Waals surface area (Å²) in [6, 6.07) is 5.88. The highest BCUT2D eigenvalue weighted by molar-refractivity contribution is 7.17. The van der Waals surface area contributed by atoms with Crippen molar-refractivity contribution in [1.29, 1.82) is 0 Å². The Bertz CT molecular complexity index is 1170. The molecule has 1 atom stereocenters. The topological polar surface area (TPSA) is 126 Å². The predicted octanol–water partition coefficient (Wildman–Crippen LogP) is 3.92. The minimum Gasteiger partial charge on any atom is -0.379 e. The standard InChI is InChI=1S/C27H37N5O5S/c1-27(2,3)18-7-8-21-22(15-18)38-26(30-23(33)17-28-9-10-31-11-13-37-14-12-31)24(21)25(34)29-19-5-4-6-20(16-19)32(35)36/h4-6,16,18,28H,7-15,17H2,1-3H3,(H,29,34)(H,30,33)/t18-/m0/s1. The van der Waals surface area contributed by atoms with Gasteiger partial charge in [0, 0.05) is 48.9 Å². The van der Waals surface area contributed by atoms with Crippen LogP contribution < -0.4 is 16.0 Å². The molecular weight excluding hydrogens is 506 g/mol. The number of anilines is 2. The molecule has 11 heteroatoms. The third kappa shape index (κ3) is 7.16. The first-order valence-electron chi connectivity index (χ1n) is 13.1. The van der Waals surface area contributed by atoms with E-state index >= 15 is 0 Å². The number of carbonyl (C=O) groups is 2. The summed E-state index contributed by atoms with van der Waals surface area (Å²) in [6.07, 6.45) is 2.56. The minimum absolute atomic E-state index is 0.0974. The molecule has 2 aromatic rings. The van der Waals surface area contributed by atoms with Crippen LogP contribution in [0, 0.1) is 21.4 Å². The summed E-state index contributed by atoms with van der Waals surface area (Å²) in [5, 5.41) is 20.7. The first kappa shape index (κ1) is 28.2. The maximum Gasteiger partial charge on any atom is 0.271 e. The largest absolute Gasteiger partial charge is 0.379 e. The van der Waals surface area contributed by atoms with Crippen LogP contribution in [-0.2, 0) is 22.4 Å². The van der Waals surface area contributed by atoms with E-state index in [9.17, 15) is 19.7 Å². The van der Waals surface area contributed by atoms with E-state index < -0.39 is 4.92 Å². The van der Waals surface area contributed by atoms with E-state index in [1.165, 1.54) is 29.5 Å². The fourth-order valence-electron chi connectivity index (χ4n) is 4.98. The van der Waals surface area contributed by atoms with E-state index in [1.807, 2.05) is 0 Å². The molecule has 2 amide bonds. The lowest BCUT2D eigenvalue weighted by molar-refractivity contribution is -0.384. The number of nitro groups is 1. The van der Waals surface area contributed by atoms with E-state index in [-0.39, 0.29) is 29.5 Å². The highest BCUT2D eigenvalue weighted by Gasteiger charge is 2.34. The van der Waals surface area contributed by atoms with Crippen LogP contribution in [-0.4, -0.2) is 67.6 Å². The number of nitro benzene ring substituents is 1. The Morgan fingerprint density at radius 3 is 2.68 bits per heavy atom. The summed E-state index contributed by atoms with van der Waals surface area (Å²) in [5.41, 5.74) is 1.81. The third-order valence-corrected chi connectivity index (χ3v) is 8.45. The lowest BCUT2D eigenvalue weighted by Gasteiger charge is -2.33. The van der Waals surface area contributed by atoms with Crippen molar-refractivity contribution in [1.82, 2.24) is 10.2 Å². The molecule has 0 radical (unpaired) electrons. The lowest BCUT2D eigenvalue weighted by Crippen LogP contribution is -2.41. The van der Waals surface area contributed by atoms with Crippen LogP contribution >= 0.6 is 11.3 Å². The van der Waals surface area contributed by atoms with Crippen molar-refractivity contribution in [3.63, 3.8) is 0 Å². The molecule has 1 aromatic heterocycles. The van der Waals surface area contributed by atoms with Gasteiger partial charge in [0.15, 0.2) is 0 Å². The second-order valence-corrected chi connectivity index (χ2v) is 12.1. The minimum atomic E-state index is -0.494. The van der Waals surface area contributed by atoms with E-state index in [2.05, 4.69) is 41.6 Å². The number of rotatable bonds is 9. The van der Waals surface area contributed by atoms with Crippen LogP contribution in [0.15, 0.2) is 24.3 Å². The lowest BCUT2D eigenvalue weighted by atomic mass is 9.72. The molecule has 1 saturated heterocycles. The zero-order valence-electron chi connectivity index (χ0n) is 22.3.